The number of fused-ring (bicyclic) bond motifs is 19. The Balaban J connectivity index is 0.760. The average molecular weight is 1540 g/mol. The van der Waals surface area contributed by atoms with Crippen molar-refractivity contribution in [1.82, 2.24) is 22.8 Å². The summed E-state index contributed by atoms with van der Waals surface area (Å²) in [6.45, 7) is 13.6. The van der Waals surface area contributed by atoms with Crippen LogP contribution in [0.3, 0.4) is 0 Å². The average Bonchev–Trinajstić information content (AvgIpc) is 0.753. The molecule has 120 heavy (non-hydrogen) atoms. The fraction of sp³-hybridized carbons (Fsp3) is 0.0721. The lowest BCUT2D eigenvalue weighted by molar-refractivity contribution is 0.465. The zero-order valence-electron chi connectivity index (χ0n) is 67.1. The summed E-state index contributed by atoms with van der Waals surface area (Å²) in [5, 5.41) is 21.8. The third-order valence-electron chi connectivity index (χ3n) is 25.7. The number of nitrogens with zero attached hydrogens (tertiary/aromatic N) is 6. The lowest BCUT2D eigenvalue weighted by atomic mass is 9.34. The van der Waals surface area contributed by atoms with Gasteiger partial charge in [0.25, 0.3) is 6.71 Å². The van der Waals surface area contributed by atoms with Gasteiger partial charge in [-0.25, -0.2) is 0 Å². The molecule has 22 aromatic rings. The van der Waals surface area contributed by atoms with E-state index in [1.807, 2.05) is 12.1 Å². The van der Waals surface area contributed by atoms with Gasteiger partial charge < -0.3 is 32.3 Å². The second-order valence-corrected chi connectivity index (χ2v) is 34.6. The van der Waals surface area contributed by atoms with Crippen molar-refractivity contribution in [1.29, 1.82) is 5.26 Å². The van der Waals surface area contributed by atoms with Crippen LogP contribution < -0.4 is 25.9 Å². The van der Waals surface area contributed by atoms with Crippen molar-refractivity contribution in [2.24, 2.45) is 0 Å². The van der Waals surface area contributed by atoms with Crippen LogP contribution in [0.2, 0.25) is 0 Å². The zero-order valence-corrected chi connectivity index (χ0v) is 67.1. The van der Waals surface area contributed by atoms with Crippen LogP contribution in [0.4, 0.5) is 0 Å². The van der Waals surface area contributed by atoms with Gasteiger partial charge >= 0.3 is 0 Å². The molecule has 566 valence electrons. The molecule has 17 aromatic carbocycles. The number of para-hydroxylation sites is 8. The Labute approximate surface area is 694 Å². The van der Waals surface area contributed by atoms with Crippen LogP contribution in [0.15, 0.2) is 358 Å². The van der Waals surface area contributed by atoms with E-state index >= 15 is 0 Å². The summed E-state index contributed by atoms with van der Waals surface area (Å²) in [5.41, 5.74) is 30.7. The van der Waals surface area contributed by atoms with Crippen LogP contribution >= 0.6 is 0 Å². The number of ether oxygens (including phenoxy) is 2. The van der Waals surface area contributed by atoms with Crippen LogP contribution in [0, 0.1) is 11.3 Å². The topological polar surface area (TPSA) is 66.9 Å². The molecule has 0 unspecified atom stereocenters. The molecule has 0 saturated heterocycles. The van der Waals surface area contributed by atoms with Crippen molar-refractivity contribution in [3.8, 4) is 102 Å². The molecule has 0 atom stereocenters. The van der Waals surface area contributed by atoms with Crippen LogP contribution in [-0.2, 0) is 10.8 Å². The highest BCUT2D eigenvalue weighted by molar-refractivity contribution is 6.98. The molecule has 0 aliphatic carbocycles. The van der Waals surface area contributed by atoms with Crippen molar-refractivity contribution in [2.75, 3.05) is 0 Å². The zero-order chi connectivity index (χ0) is 80.1. The van der Waals surface area contributed by atoms with Crippen molar-refractivity contribution < 1.29 is 9.47 Å². The first-order valence-corrected chi connectivity index (χ1v) is 41.5. The number of aromatic nitrogens is 5. The van der Waals surface area contributed by atoms with Crippen LogP contribution in [0.5, 0.6) is 23.0 Å². The van der Waals surface area contributed by atoms with Crippen molar-refractivity contribution in [2.45, 2.75) is 52.4 Å². The monoisotopic (exact) mass is 1540 g/mol. The Morgan fingerprint density at radius 3 is 1.15 bits per heavy atom. The molecular formula is C111H77BN6O2. The Kier molecular flexibility index (Phi) is 15.0. The van der Waals surface area contributed by atoms with Crippen LogP contribution in [0.25, 0.3) is 182 Å². The van der Waals surface area contributed by atoms with Gasteiger partial charge in [0.2, 0.25) is 0 Å². The molecule has 9 heteroatoms. The van der Waals surface area contributed by atoms with Gasteiger partial charge in [-0.2, -0.15) is 5.26 Å². The first kappa shape index (κ1) is 69.2. The van der Waals surface area contributed by atoms with E-state index < -0.39 is 0 Å². The van der Waals surface area contributed by atoms with Crippen molar-refractivity contribution >= 4 is 132 Å². The summed E-state index contributed by atoms with van der Waals surface area (Å²) < 4.78 is 27.8. The van der Waals surface area contributed by atoms with E-state index in [0.717, 1.165) is 172 Å². The Hall–Kier alpha value is -15.1. The van der Waals surface area contributed by atoms with Gasteiger partial charge in [0.15, 0.2) is 0 Å². The van der Waals surface area contributed by atoms with E-state index in [2.05, 4.69) is 416 Å². The normalized spacial score (nSPS) is 12.7. The molecule has 2 aliphatic heterocycles. The molecule has 0 amide bonds. The first-order valence-electron chi connectivity index (χ1n) is 41.5. The largest absolute Gasteiger partial charge is 0.458 e. The molecule has 24 rings (SSSR count). The molecule has 0 fully saturated rings. The number of nitriles is 1. The smallest absolute Gasteiger partial charge is 0.260 e. The minimum absolute atomic E-state index is 0.0842. The van der Waals surface area contributed by atoms with E-state index in [9.17, 15) is 5.26 Å². The van der Waals surface area contributed by atoms with E-state index in [-0.39, 0.29) is 17.5 Å². The predicted octanol–water partition coefficient (Wildman–Crippen LogP) is 27.0. The van der Waals surface area contributed by atoms with Gasteiger partial charge in [-0.1, -0.05) is 254 Å². The molecule has 2 aliphatic rings. The summed E-state index contributed by atoms with van der Waals surface area (Å²) in [6.07, 6.45) is 0. The Bertz CT molecular complexity index is 8090. The highest BCUT2D eigenvalue weighted by Crippen LogP contribution is 2.51. The van der Waals surface area contributed by atoms with Gasteiger partial charge in [0, 0.05) is 93.6 Å². The molecule has 7 heterocycles. The minimum Gasteiger partial charge on any atom is -0.458 e. The summed E-state index contributed by atoms with van der Waals surface area (Å²) in [7, 11) is 0. The van der Waals surface area contributed by atoms with Gasteiger partial charge in [-0.05, 0) is 206 Å². The molecule has 0 radical (unpaired) electrons. The summed E-state index contributed by atoms with van der Waals surface area (Å²) in [5.74, 6) is 2.92. The summed E-state index contributed by atoms with van der Waals surface area (Å²) in [4.78, 5) is 0. The molecule has 0 saturated carbocycles. The van der Waals surface area contributed by atoms with E-state index in [4.69, 9.17) is 9.47 Å². The van der Waals surface area contributed by atoms with Crippen LogP contribution in [0.1, 0.15) is 58.2 Å². The maximum Gasteiger partial charge on any atom is 0.260 e. The predicted molar refractivity (Wildman–Crippen MR) is 500 cm³/mol. The quantitative estimate of drug-likeness (QED) is 0.135. The SMILES string of the molecule is CC(C)(C)c1cc(-n2c3ccccc3c3cc(-c4cccc(-n5c6ccccc6c6ccccc65)c4-c4cc5c6c(c4)Oc4cc(-n7c8ccccc8c8cc(C#N)ccc87)ccc4B6c4ccc(-c6c(-c7ccc8c9ccccc9n(-c9ccccc9)c8c7)cccc6-n6c7ccccc7c7ccccc76)cc4O5)ccc32)cc(C(C)(C)C)c1. The molecule has 0 bridgehead atoms. The number of rotatable bonds is 9. The van der Waals surface area contributed by atoms with Gasteiger partial charge in [0.05, 0.1) is 78.2 Å². The maximum atomic E-state index is 10.3. The molecule has 8 nitrogen and oxygen atoms in total. The van der Waals surface area contributed by atoms with E-state index in [0.29, 0.717) is 17.1 Å². The summed E-state index contributed by atoms with van der Waals surface area (Å²) in [6, 6.07) is 134. The maximum absolute atomic E-state index is 10.3. The number of hydrogen-bond donors (Lipinski definition) is 0. The third kappa shape index (κ3) is 10.4. The van der Waals surface area contributed by atoms with Crippen molar-refractivity contribution in [3.63, 3.8) is 0 Å². The number of hydrogen-bond acceptors (Lipinski definition) is 3. The second-order valence-electron chi connectivity index (χ2n) is 34.6. The Morgan fingerprint density at radius 1 is 0.258 bits per heavy atom. The molecular weight excluding hydrogens is 1460 g/mol. The fourth-order valence-corrected chi connectivity index (χ4v) is 20.2. The van der Waals surface area contributed by atoms with E-state index in [1.165, 1.54) is 48.8 Å². The highest BCUT2D eigenvalue weighted by atomic mass is 16.5. The standard InChI is InChI=1S/C111H77BN6O2/c1-110(2,3)72-62-73(111(4,5)6)64-76(63-72)116-93-39-19-16-34-85(93)88-57-68(49-55-99(88)116)77-35-24-45-101(118-96-42-22-13-30-81(96)82-31-14-23-43-97(82)118)108(77)71-60-105-109-106(61-71)120-104-65-75(115-92-38-18-15-33-84(92)87-56-67(66-113)46-54-98(87)115)50-53-90(104)112(109)89-52-48-70(59-103(89)119-105)107-78(36-25-44-100(107)117-94-40-20-11-28-79(94)80-29-12-21-41-95(80)117)69-47-51-86-83-32-10-17-37-91(83)114(102(86)58-69)74-26-8-7-9-27-74/h7-65H,1-6H3. The lowest BCUT2D eigenvalue weighted by Gasteiger charge is -2.34. The fourth-order valence-electron chi connectivity index (χ4n) is 20.2. The summed E-state index contributed by atoms with van der Waals surface area (Å²) >= 11 is 0. The molecule has 5 aromatic heterocycles. The van der Waals surface area contributed by atoms with Gasteiger partial charge in [-0.15, -0.1) is 0 Å². The lowest BCUT2D eigenvalue weighted by Crippen LogP contribution is -2.57. The van der Waals surface area contributed by atoms with Gasteiger partial charge in [0.1, 0.15) is 23.0 Å². The van der Waals surface area contributed by atoms with Crippen LogP contribution in [-0.4, -0.2) is 29.5 Å². The third-order valence-corrected chi connectivity index (χ3v) is 25.7. The second kappa shape index (κ2) is 25.9. The number of benzene rings is 17. The first-order chi connectivity index (χ1) is 58.7. The van der Waals surface area contributed by atoms with E-state index in [1.54, 1.807) is 0 Å². The minimum atomic E-state index is -0.333. The molecule has 0 spiro atoms. The Morgan fingerprint density at radius 2 is 0.642 bits per heavy atom. The van der Waals surface area contributed by atoms with Gasteiger partial charge in [-0.3, -0.25) is 0 Å². The molecule has 0 N–H and O–H groups in total. The highest BCUT2D eigenvalue weighted by Gasteiger charge is 2.42. The van der Waals surface area contributed by atoms with Crippen molar-refractivity contribution in [3.05, 3.63) is 375 Å².